The number of hydrogen-bond acceptors (Lipinski definition) is 2. The van der Waals surface area contributed by atoms with Crippen LogP contribution < -0.4 is 0 Å². The van der Waals surface area contributed by atoms with Gasteiger partial charge >= 0.3 is 5.97 Å². The lowest BCUT2D eigenvalue weighted by molar-refractivity contribution is 0.0638. The summed E-state index contributed by atoms with van der Waals surface area (Å²) in [5.41, 5.74) is 3.24. The SMILES string of the molecule is C=C(C=CC1C(C)=CCCC1(C)C)OC(=O)c1ccc(C)cc1. The van der Waals surface area contributed by atoms with E-state index in [4.69, 9.17) is 4.74 Å². The fourth-order valence-electron chi connectivity index (χ4n) is 3.09. The fourth-order valence-corrected chi connectivity index (χ4v) is 3.09. The zero-order chi connectivity index (χ0) is 17.0. The molecule has 0 bridgehead atoms. The molecule has 1 atom stereocenters. The third-order valence-corrected chi connectivity index (χ3v) is 4.57. The molecule has 0 saturated carbocycles. The highest BCUT2D eigenvalue weighted by atomic mass is 16.5. The summed E-state index contributed by atoms with van der Waals surface area (Å²) >= 11 is 0. The molecule has 0 spiro atoms. The normalized spacial score (nSPS) is 20.2. The number of rotatable bonds is 4. The largest absolute Gasteiger partial charge is 0.424 e. The topological polar surface area (TPSA) is 26.3 Å². The second-order valence-electron chi connectivity index (χ2n) is 7.03. The number of carbonyl (C=O) groups is 1. The van der Waals surface area contributed by atoms with Crippen molar-refractivity contribution < 1.29 is 9.53 Å². The summed E-state index contributed by atoms with van der Waals surface area (Å²) in [4.78, 5) is 12.1. The first kappa shape index (κ1) is 17.3. The Hall–Kier alpha value is -2.09. The van der Waals surface area contributed by atoms with Crippen LogP contribution in [-0.4, -0.2) is 5.97 Å². The molecule has 1 aromatic carbocycles. The standard InChI is InChI=1S/C21H26O2/c1-15-8-11-18(12-9-15)20(22)23-17(3)10-13-19-16(2)7-6-14-21(19,4)5/h7-13,19H,3,6,14H2,1-2,4-5H3. The Morgan fingerprint density at radius 2 is 1.91 bits per heavy atom. The molecular formula is C21H26O2. The maximum absolute atomic E-state index is 12.1. The zero-order valence-electron chi connectivity index (χ0n) is 14.6. The van der Waals surface area contributed by atoms with Crippen LogP contribution in [0.25, 0.3) is 0 Å². The molecule has 0 N–H and O–H groups in total. The molecule has 1 aromatic rings. The van der Waals surface area contributed by atoms with Crippen LogP contribution in [-0.2, 0) is 4.74 Å². The van der Waals surface area contributed by atoms with Gasteiger partial charge in [-0.15, -0.1) is 0 Å². The number of ether oxygens (including phenoxy) is 1. The predicted octanol–water partition coefficient (Wildman–Crippen LogP) is 5.60. The molecule has 2 heteroatoms. The van der Waals surface area contributed by atoms with E-state index in [1.54, 1.807) is 12.1 Å². The van der Waals surface area contributed by atoms with E-state index in [2.05, 4.69) is 39.5 Å². The van der Waals surface area contributed by atoms with Gasteiger partial charge in [0.25, 0.3) is 0 Å². The first-order valence-corrected chi connectivity index (χ1v) is 8.12. The molecule has 1 unspecified atom stereocenters. The van der Waals surface area contributed by atoms with Gasteiger partial charge in [0, 0.05) is 5.92 Å². The Morgan fingerprint density at radius 3 is 2.52 bits per heavy atom. The van der Waals surface area contributed by atoms with Gasteiger partial charge in [-0.1, -0.05) is 55.8 Å². The van der Waals surface area contributed by atoms with Gasteiger partial charge in [-0.05, 0) is 50.3 Å². The quantitative estimate of drug-likeness (QED) is 0.313. The monoisotopic (exact) mass is 310 g/mol. The zero-order valence-corrected chi connectivity index (χ0v) is 14.6. The molecule has 0 amide bonds. The van der Waals surface area contributed by atoms with Crippen molar-refractivity contribution in [2.75, 3.05) is 0 Å². The van der Waals surface area contributed by atoms with Crippen molar-refractivity contribution in [1.82, 2.24) is 0 Å². The number of benzene rings is 1. The van der Waals surface area contributed by atoms with Crippen molar-refractivity contribution >= 4 is 5.97 Å². The summed E-state index contributed by atoms with van der Waals surface area (Å²) in [5.74, 6) is 0.366. The summed E-state index contributed by atoms with van der Waals surface area (Å²) < 4.78 is 5.33. The highest BCUT2D eigenvalue weighted by molar-refractivity contribution is 5.90. The number of aryl methyl sites for hydroxylation is 1. The summed E-state index contributed by atoms with van der Waals surface area (Å²) in [6.07, 6.45) is 8.51. The Kier molecular flexibility index (Phi) is 5.25. The highest BCUT2D eigenvalue weighted by Crippen LogP contribution is 2.41. The van der Waals surface area contributed by atoms with Crippen LogP contribution in [0.3, 0.4) is 0 Å². The van der Waals surface area contributed by atoms with Gasteiger partial charge in [0.1, 0.15) is 5.76 Å². The van der Waals surface area contributed by atoms with Crippen LogP contribution in [0.15, 0.2) is 60.4 Å². The van der Waals surface area contributed by atoms with Crippen molar-refractivity contribution in [3.63, 3.8) is 0 Å². The maximum Gasteiger partial charge on any atom is 0.343 e. The van der Waals surface area contributed by atoms with Crippen LogP contribution in [0.5, 0.6) is 0 Å². The Morgan fingerprint density at radius 1 is 1.26 bits per heavy atom. The molecule has 0 aromatic heterocycles. The molecule has 1 aliphatic rings. The van der Waals surface area contributed by atoms with E-state index >= 15 is 0 Å². The minimum atomic E-state index is -0.366. The van der Waals surface area contributed by atoms with Crippen molar-refractivity contribution in [3.8, 4) is 0 Å². The van der Waals surface area contributed by atoms with E-state index in [1.807, 2.05) is 25.1 Å². The second-order valence-corrected chi connectivity index (χ2v) is 7.03. The van der Waals surface area contributed by atoms with Crippen molar-refractivity contribution in [1.29, 1.82) is 0 Å². The molecule has 2 rings (SSSR count). The minimum absolute atomic E-state index is 0.219. The summed E-state index contributed by atoms with van der Waals surface area (Å²) in [7, 11) is 0. The van der Waals surface area contributed by atoms with Crippen molar-refractivity contribution in [2.24, 2.45) is 11.3 Å². The summed E-state index contributed by atoms with van der Waals surface area (Å²) in [5, 5.41) is 0. The predicted molar refractivity (Wildman–Crippen MR) is 95.1 cm³/mol. The Balaban J connectivity index is 2.01. The van der Waals surface area contributed by atoms with Crippen molar-refractivity contribution in [3.05, 3.63) is 71.5 Å². The average molecular weight is 310 g/mol. The summed E-state index contributed by atoms with van der Waals surface area (Å²) in [6, 6.07) is 7.33. The minimum Gasteiger partial charge on any atom is -0.424 e. The lowest BCUT2D eigenvalue weighted by atomic mass is 9.68. The lowest BCUT2D eigenvalue weighted by Gasteiger charge is -2.36. The van der Waals surface area contributed by atoms with E-state index in [-0.39, 0.29) is 11.4 Å². The van der Waals surface area contributed by atoms with Gasteiger partial charge in [-0.2, -0.15) is 0 Å². The molecule has 0 fully saturated rings. The third kappa shape index (κ3) is 4.44. The van der Waals surface area contributed by atoms with E-state index in [0.29, 0.717) is 17.2 Å². The van der Waals surface area contributed by atoms with E-state index in [0.717, 1.165) is 18.4 Å². The van der Waals surface area contributed by atoms with Crippen LogP contribution >= 0.6 is 0 Å². The second kappa shape index (κ2) is 6.99. The lowest BCUT2D eigenvalue weighted by Crippen LogP contribution is -2.26. The maximum atomic E-state index is 12.1. The van der Waals surface area contributed by atoms with Gasteiger partial charge in [0.05, 0.1) is 5.56 Å². The fraction of sp³-hybridized carbons (Fsp3) is 0.381. The van der Waals surface area contributed by atoms with Gasteiger partial charge in [-0.3, -0.25) is 0 Å². The van der Waals surface area contributed by atoms with Crippen LogP contribution in [0.1, 0.15) is 49.5 Å². The number of allylic oxidation sites excluding steroid dienone is 4. The van der Waals surface area contributed by atoms with E-state index < -0.39 is 0 Å². The molecule has 122 valence electrons. The van der Waals surface area contributed by atoms with Crippen molar-refractivity contribution in [2.45, 2.75) is 40.5 Å². The summed E-state index contributed by atoms with van der Waals surface area (Å²) in [6.45, 7) is 12.5. The first-order valence-electron chi connectivity index (χ1n) is 8.12. The molecule has 0 radical (unpaired) electrons. The van der Waals surface area contributed by atoms with E-state index in [9.17, 15) is 4.79 Å². The van der Waals surface area contributed by atoms with Crippen LogP contribution in [0.4, 0.5) is 0 Å². The van der Waals surface area contributed by atoms with Gasteiger partial charge in [0.2, 0.25) is 0 Å². The molecular weight excluding hydrogens is 284 g/mol. The van der Waals surface area contributed by atoms with Gasteiger partial charge in [-0.25, -0.2) is 4.79 Å². The van der Waals surface area contributed by atoms with Crippen LogP contribution in [0, 0.1) is 18.3 Å². The smallest absolute Gasteiger partial charge is 0.343 e. The number of hydrogen-bond donors (Lipinski definition) is 0. The van der Waals surface area contributed by atoms with Gasteiger partial charge < -0.3 is 4.74 Å². The number of esters is 1. The molecule has 0 saturated heterocycles. The number of carbonyl (C=O) groups excluding carboxylic acids is 1. The molecule has 0 heterocycles. The molecule has 23 heavy (non-hydrogen) atoms. The third-order valence-electron chi connectivity index (χ3n) is 4.57. The Labute approximate surface area is 139 Å². The average Bonchev–Trinajstić information content (AvgIpc) is 2.46. The van der Waals surface area contributed by atoms with Gasteiger partial charge in [0.15, 0.2) is 0 Å². The molecule has 0 aliphatic heterocycles. The highest BCUT2D eigenvalue weighted by Gasteiger charge is 2.30. The van der Waals surface area contributed by atoms with Crippen LogP contribution in [0.2, 0.25) is 0 Å². The van der Waals surface area contributed by atoms with E-state index in [1.165, 1.54) is 5.57 Å². The Bertz CT molecular complexity index is 645. The molecule has 1 aliphatic carbocycles. The molecule has 2 nitrogen and oxygen atoms in total. The first-order chi connectivity index (χ1) is 10.8.